The van der Waals surface area contributed by atoms with Gasteiger partial charge in [-0.25, -0.2) is 9.37 Å². The summed E-state index contributed by atoms with van der Waals surface area (Å²) in [6.07, 6.45) is 2.95. The Hall–Kier alpha value is -2.32. The van der Waals surface area contributed by atoms with E-state index >= 15 is 0 Å². The van der Waals surface area contributed by atoms with Gasteiger partial charge in [-0.3, -0.25) is 0 Å². The molecule has 0 saturated carbocycles. The van der Waals surface area contributed by atoms with Crippen LogP contribution in [0, 0.1) is 24.6 Å². The Morgan fingerprint density at radius 3 is 2.48 bits per heavy atom. The van der Waals surface area contributed by atoms with Gasteiger partial charge in [0.1, 0.15) is 11.6 Å². The molecule has 2 aliphatic heterocycles. The first-order chi connectivity index (χ1) is 15.8. The monoisotopic (exact) mass is 471 g/mol. The van der Waals surface area contributed by atoms with Crippen LogP contribution in [0.15, 0.2) is 30.3 Å². The number of ether oxygens (including phenoxy) is 1. The molecule has 2 N–H and O–H groups in total. The molecule has 0 radical (unpaired) electrons. The highest BCUT2D eigenvalue weighted by Gasteiger charge is 2.34. The standard InChI is InChI=1S/C25H34FN5OS/c1-17-12-18(2)15-31(14-17)22-13-19(3)28-23(29-22)30-24(33)27-16-25(8-10-32-11-9-25)20-4-6-21(26)7-5-20/h4-7,13,17-18H,8-12,14-16H2,1-3H3,(H2,27,28,29,30,33). The molecule has 33 heavy (non-hydrogen) atoms. The molecule has 2 unspecified atom stereocenters. The molecule has 2 aromatic rings. The van der Waals surface area contributed by atoms with Crippen LogP contribution in [0.3, 0.4) is 0 Å². The fraction of sp³-hybridized carbons (Fsp3) is 0.560. The Morgan fingerprint density at radius 1 is 1.15 bits per heavy atom. The molecule has 4 rings (SSSR count). The molecule has 8 heteroatoms. The van der Waals surface area contributed by atoms with E-state index in [-0.39, 0.29) is 11.2 Å². The fourth-order valence-corrected chi connectivity index (χ4v) is 5.31. The van der Waals surface area contributed by atoms with Crippen molar-refractivity contribution in [1.82, 2.24) is 15.3 Å². The van der Waals surface area contributed by atoms with Crippen LogP contribution >= 0.6 is 12.2 Å². The lowest BCUT2D eigenvalue weighted by Crippen LogP contribution is -2.45. The van der Waals surface area contributed by atoms with E-state index in [0.717, 1.165) is 43.0 Å². The number of hydrogen-bond donors (Lipinski definition) is 2. The summed E-state index contributed by atoms with van der Waals surface area (Å²) in [5.41, 5.74) is 1.85. The summed E-state index contributed by atoms with van der Waals surface area (Å²) in [6.45, 7) is 10.6. The van der Waals surface area contributed by atoms with Crippen LogP contribution in [0.25, 0.3) is 0 Å². The molecule has 6 nitrogen and oxygen atoms in total. The number of nitrogens with one attached hydrogen (secondary N) is 2. The molecule has 0 spiro atoms. The number of halogens is 1. The molecule has 1 aromatic heterocycles. The minimum absolute atomic E-state index is 0.156. The number of rotatable bonds is 5. The fourth-order valence-electron chi connectivity index (χ4n) is 5.15. The van der Waals surface area contributed by atoms with Gasteiger partial charge in [0.05, 0.1) is 0 Å². The highest BCUT2D eigenvalue weighted by Crippen LogP contribution is 2.34. The number of piperidine rings is 1. The summed E-state index contributed by atoms with van der Waals surface area (Å²) in [5.74, 6) is 2.51. The van der Waals surface area contributed by atoms with Gasteiger partial charge in [-0.15, -0.1) is 0 Å². The largest absolute Gasteiger partial charge is 0.381 e. The lowest BCUT2D eigenvalue weighted by Gasteiger charge is -2.38. The van der Waals surface area contributed by atoms with Crippen molar-refractivity contribution in [3.63, 3.8) is 0 Å². The van der Waals surface area contributed by atoms with Gasteiger partial charge in [-0.2, -0.15) is 4.98 Å². The maximum absolute atomic E-state index is 13.5. The molecule has 2 aliphatic rings. The predicted octanol–water partition coefficient (Wildman–Crippen LogP) is 4.44. The third-order valence-corrected chi connectivity index (χ3v) is 7.00. The van der Waals surface area contributed by atoms with Gasteiger partial charge in [-0.05, 0) is 67.9 Å². The van der Waals surface area contributed by atoms with Crippen molar-refractivity contribution < 1.29 is 9.13 Å². The van der Waals surface area contributed by atoms with E-state index in [2.05, 4.69) is 34.4 Å². The molecule has 3 heterocycles. The van der Waals surface area contributed by atoms with Gasteiger partial charge in [0.25, 0.3) is 0 Å². The zero-order valence-corrected chi connectivity index (χ0v) is 20.6. The van der Waals surface area contributed by atoms with Crippen molar-refractivity contribution in [3.05, 3.63) is 47.4 Å². The highest BCUT2D eigenvalue weighted by molar-refractivity contribution is 7.80. The number of nitrogens with zero attached hydrogens (tertiary/aromatic N) is 3. The normalized spacial score (nSPS) is 22.6. The Bertz CT molecular complexity index is 954. The summed E-state index contributed by atoms with van der Waals surface area (Å²) in [6, 6.07) is 8.82. The molecule has 178 valence electrons. The lowest BCUT2D eigenvalue weighted by atomic mass is 9.74. The summed E-state index contributed by atoms with van der Waals surface area (Å²) >= 11 is 5.60. The van der Waals surface area contributed by atoms with Crippen molar-refractivity contribution in [2.24, 2.45) is 11.8 Å². The van der Waals surface area contributed by atoms with E-state index in [1.807, 2.05) is 25.1 Å². The highest BCUT2D eigenvalue weighted by atomic mass is 32.1. The van der Waals surface area contributed by atoms with E-state index < -0.39 is 0 Å². The van der Waals surface area contributed by atoms with Crippen LogP contribution in [0.5, 0.6) is 0 Å². The lowest BCUT2D eigenvalue weighted by molar-refractivity contribution is 0.0515. The SMILES string of the molecule is Cc1cc(N2CC(C)CC(C)C2)nc(NC(=S)NCC2(c3ccc(F)cc3)CCOCC2)n1. The molecular formula is C25H34FN5OS. The zero-order chi connectivity index (χ0) is 23.4. The van der Waals surface area contributed by atoms with E-state index in [1.54, 1.807) is 0 Å². The molecule has 2 saturated heterocycles. The zero-order valence-electron chi connectivity index (χ0n) is 19.7. The topological polar surface area (TPSA) is 62.3 Å². The number of aryl methyl sites for hydroxylation is 1. The van der Waals surface area contributed by atoms with Gasteiger partial charge in [0, 0.05) is 50.0 Å². The van der Waals surface area contributed by atoms with Crippen LogP contribution in [-0.4, -0.2) is 47.9 Å². The summed E-state index contributed by atoms with van der Waals surface area (Å²) in [7, 11) is 0. The van der Waals surface area contributed by atoms with Gasteiger partial charge in [0.15, 0.2) is 5.11 Å². The minimum atomic E-state index is -0.226. The van der Waals surface area contributed by atoms with E-state index in [4.69, 9.17) is 21.9 Å². The van der Waals surface area contributed by atoms with Gasteiger partial charge in [-0.1, -0.05) is 26.0 Å². The minimum Gasteiger partial charge on any atom is -0.381 e. The Labute approximate surface area is 201 Å². The van der Waals surface area contributed by atoms with Crippen molar-refractivity contribution in [3.8, 4) is 0 Å². The van der Waals surface area contributed by atoms with Crippen LogP contribution in [0.1, 0.15) is 44.4 Å². The van der Waals surface area contributed by atoms with Crippen molar-refractivity contribution >= 4 is 29.1 Å². The second-order valence-electron chi connectivity index (χ2n) is 9.75. The first-order valence-corrected chi connectivity index (χ1v) is 12.2. The molecule has 2 fully saturated rings. The Balaban J connectivity index is 1.43. The van der Waals surface area contributed by atoms with Gasteiger partial charge < -0.3 is 20.3 Å². The molecule has 0 bridgehead atoms. The summed E-state index contributed by atoms with van der Waals surface area (Å²) in [4.78, 5) is 11.7. The average Bonchev–Trinajstić information content (AvgIpc) is 2.78. The van der Waals surface area contributed by atoms with Crippen LogP contribution in [0.2, 0.25) is 0 Å². The number of thiocarbonyl (C=S) groups is 1. The maximum Gasteiger partial charge on any atom is 0.231 e. The second kappa shape index (κ2) is 10.3. The van der Waals surface area contributed by atoms with Crippen molar-refractivity contribution in [1.29, 1.82) is 0 Å². The number of hydrogen-bond acceptors (Lipinski definition) is 5. The molecular weight excluding hydrogens is 437 g/mol. The van der Waals surface area contributed by atoms with Gasteiger partial charge >= 0.3 is 0 Å². The average molecular weight is 472 g/mol. The summed E-state index contributed by atoms with van der Waals surface area (Å²) in [5, 5.41) is 7.03. The molecule has 2 atom stereocenters. The van der Waals surface area contributed by atoms with Gasteiger partial charge in [0.2, 0.25) is 5.95 Å². The summed E-state index contributed by atoms with van der Waals surface area (Å²) < 4.78 is 19.1. The Kier molecular flexibility index (Phi) is 7.44. The smallest absolute Gasteiger partial charge is 0.231 e. The predicted molar refractivity (Wildman–Crippen MR) is 134 cm³/mol. The Morgan fingerprint density at radius 2 is 1.82 bits per heavy atom. The van der Waals surface area contributed by atoms with Crippen LogP contribution < -0.4 is 15.5 Å². The second-order valence-corrected chi connectivity index (χ2v) is 10.2. The van der Waals surface area contributed by atoms with Crippen LogP contribution in [-0.2, 0) is 10.2 Å². The van der Waals surface area contributed by atoms with Crippen LogP contribution in [0.4, 0.5) is 16.2 Å². The maximum atomic E-state index is 13.5. The number of benzene rings is 1. The third-order valence-electron chi connectivity index (χ3n) is 6.75. The molecule has 0 amide bonds. The van der Waals surface area contributed by atoms with E-state index in [0.29, 0.717) is 42.7 Å². The van der Waals surface area contributed by atoms with E-state index in [1.165, 1.54) is 18.6 Å². The molecule has 1 aromatic carbocycles. The first kappa shape index (κ1) is 23.8. The number of aromatic nitrogens is 2. The number of anilines is 2. The van der Waals surface area contributed by atoms with E-state index in [9.17, 15) is 4.39 Å². The van der Waals surface area contributed by atoms with Crippen molar-refractivity contribution in [2.75, 3.05) is 43.1 Å². The first-order valence-electron chi connectivity index (χ1n) is 11.8. The quantitative estimate of drug-likeness (QED) is 0.625. The molecule has 0 aliphatic carbocycles. The third kappa shape index (κ3) is 5.98. The van der Waals surface area contributed by atoms with Crippen molar-refractivity contribution in [2.45, 2.75) is 45.4 Å².